The minimum Gasteiger partial charge on any atom is -0.508 e. The molecule has 2 N–H and O–H groups in total. The third-order valence-corrected chi connectivity index (χ3v) is 3.48. The molecule has 1 saturated heterocycles. The van der Waals surface area contributed by atoms with Gasteiger partial charge in [0.2, 0.25) is 0 Å². The molecule has 0 aromatic heterocycles. The molecule has 1 aliphatic rings. The molecule has 122 valence electrons. The number of aromatic hydroxyl groups is 1. The summed E-state index contributed by atoms with van der Waals surface area (Å²) in [6.07, 6.45) is -0.317. The van der Waals surface area contributed by atoms with Gasteiger partial charge in [-0.05, 0) is 33.8 Å². The van der Waals surface area contributed by atoms with E-state index in [2.05, 4.69) is 5.32 Å². The lowest BCUT2D eigenvalue weighted by Gasteiger charge is -2.41. The van der Waals surface area contributed by atoms with Gasteiger partial charge in [0, 0.05) is 36.8 Å². The van der Waals surface area contributed by atoms with E-state index in [-0.39, 0.29) is 23.9 Å². The number of rotatable bonds is 3. The second kappa shape index (κ2) is 6.12. The summed E-state index contributed by atoms with van der Waals surface area (Å²) >= 11 is 0. The number of phenols is 1. The monoisotopic (exact) mass is 310 g/mol. The summed E-state index contributed by atoms with van der Waals surface area (Å²) in [6.45, 7) is 8.50. The number of benzene rings is 1. The molecule has 6 heteroatoms. The lowest BCUT2D eigenvalue weighted by Crippen LogP contribution is -2.60. The van der Waals surface area contributed by atoms with Crippen molar-refractivity contribution < 1.29 is 19.0 Å². The fraction of sp³-hybridized carbons (Fsp3) is 0.562. The normalized spacial score (nSPS) is 17.0. The molecule has 0 radical (unpaired) electrons. The van der Waals surface area contributed by atoms with Gasteiger partial charge in [-0.2, -0.15) is 0 Å². The zero-order valence-corrected chi connectivity index (χ0v) is 13.4. The first kappa shape index (κ1) is 16.5. The topological polar surface area (TPSA) is 61.8 Å². The van der Waals surface area contributed by atoms with E-state index in [0.717, 1.165) is 6.07 Å². The van der Waals surface area contributed by atoms with E-state index < -0.39 is 11.4 Å². The molecule has 1 unspecified atom stereocenters. The van der Waals surface area contributed by atoms with E-state index in [1.807, 2.05) is 27.7 Å². The fourth-order valence-electron chi connectivity index (χ4n) is 2.39. The lowest BCUT2D eigenvalue weighted by molar-refractivity contribution is 0.00430. The van der Waals surface area contributed by atoms with Crippen molar-refractivity contribution in [3.8, 4) is 5.75 Å². The first-order chi connectivity index (χ1) is 10.2. The Morgan fingerprint density at radius 1 is 1.45 bits per heavy atom. The van der Waals surface area contributed by atoms with Crippen LogP contribution in [0.2, 0.25) is 0 Å². The third kappa shape index (κ3) is 4.10. The minimum absolute atomic E-state index is 0.0664. The maximum atomic E-state index is 13.0. The number of hydrogen-bond acceptors (Lipinski definition) is 4. The Kier molecular flexibility index (Phi) is 4.60. The van der Waals surface area contributed by atoms with Crippen LogP contribution in [0.15, 0.2) is 18.2 Å². The second-order valence-electron chi connectivity index (χ2n) is 6.67. The van der Waals surface area contributed by atoms with Crippen molar-refractivity contribution in [3.05, 3.63) is 29.6 Å². The number of amides is 1. The van der Waals surface area contributed by atoms with E-state index in [0.29, 0.717) is 18.7 Å². The number of carbonyl (C=O) groups excluding carboxylic acids is 1. The van der Waals surface area contributed by atoms with Crippen LogP contribution in [0.25, 0.3) is 0 Å². The molecule has 22 heavy (non-hydrogen) atoms. The smallest absolute Gasteiger partial charge is 0.410 e. The average molecular weight is 310 g/mol. The van der Waals surface area contributed by atoms with Crippen LogP contribution in [0.3, 0.4) is 0 Å². The summed E-state index contributed by atoms with van der Waals surface area (Å²) < 4.78 is 18.3. The highest BCUT2D eigenvalue weighted by molar-refractivity contribution is 5.69. The lowest BCUT2D eigenvalue weighted by atomic mass is 10.0. The molecule has 1 amide bonds. The van der Waals surface area contributed by atoms with Crippen LogP contribution < -0.4 is 5.32 Å². The van der Waals surface area contributed by atoms with E-state index in [1.54, 1.807) is 11.0 Å². The van der Waals surface area contributed by atoms with Gasteiger partial charge in [-0.15, -0.1) is 0 Å². The number of likely N-dealkylation sites (tertiary alicyclic amines) is 1. The van der Waals surface area contributed by atoms with Gasteiger partial charge in [0.15, 0.2) is 0 Å². The zero-order valence-electron chi connectivity index (χ0n) is 13.4. The predicted octanol–water partition coefficient (Wildman–Crippen LogP) is 2.80. The Bertz CT molecular complexity index is 551. The van der Waals surface area contributed by atoms with Gasteiger partial charge in [-0.25, -0.2) is 9.18 Å². The molecule has 1 aromatic rings. The molecule has 0 saturated carbocycles. The van der Waals surface area contributed by atoms with Crippen molar-refractivity contribution >= 4 is 6.09 Å². The third-order valence-electron chi connectivity index (χ3n) is 3.48. The van der Waals surface area contributed by atoms with E-state index in [9.17, 15) is 14.3 Å². The second-order valence-corrected chi connectivity index (χ2v) is 6.67. The summed E-state index contributed by atoms with van der Waals surface area (Å²) in [7, 11) is 0. The predicted molar refractivity (Wildman–Crippen MR) is 81.2 cm³/mol. The molecule has 0 bridgehead atoms. The maximum absolute atomic E-state index is 13.0. The van der Waals surface area contributed by atoms with Crippen LogP contribution in [-0.4, -0.2) is 40.8 Å². The van der Waals surface area contributed by atoms with Gasteiger partial charge in [0.25, 0.3) is 0 Å². The summed E-state index contributed by atoms with van der Waals surface area (Å²) in [4.78, 5) is 13.5. The number of phenolic OH excluding ortho intramolecular Hbond substituents is 1. The van der Waals surface area contributed by atoms with Crippen LogP contribution in [0, 0.1) is 5.82 Å². The zero-order chi connectivity index (χ0) is 16.5. The SMILES string of the molecule is CC(NC1CN(C(=O)OC(C)(C)C)C1)c1ccc(F)cc1O. The fourth-order valence-corrected chi connectivity index (χ4v) is 2.39. The number of ether oxygens (including phenoxy) is 1. The Morgan fingerprint density at radius 3 is 2.64 bits per heavy atom. The van der Waals surface area contributed by atoms with E-state index in [1.165, 1.54) is 6.07 Å². The number of carbonyl (C=O) groups is 1. The minimum atomic E-state index is -0.497. The van der Waals surface area contributed by atoms with E-state index in [4.69, 9.17) is 4.74 Å². The van der Waals surface area contributed by atoms with Crippen molar-refractivity contribution in [2.45, 2.75) is 45.4 Å². The molecule has 0 spiro atoms. The van der Waals surface area contributed by atoms with Gasteiger partial charge >= 0.3 is 6.09 Å². The standard InChI is InChI=1S/C16H23FN2O3/c1-10(13-6-5-11(17)7-14(13)20)18-12-8-19(9-12)15(21)22-16(2,3)4/h5-7,10,12,18,20H,8-9H2,1-4H3. The van der Waals surface area contributed by atoms with Crippen molar-refractivity contribution in [2.24, 2.45) is 0 Å². The molecule has 1 fully saturated rings. The van der Waals surface area contributed by atoms with Gasteiger partial charge in [-0.3, -0.25) is 0 Å². The Hall–Kier alpha value is -1.82. The first-order valence-electron chi connectivity index (χ1n) is 7.38. The highest BCUT2D eigenvalue weighted by atomic mass is 19.1. The van der Waals surface area contributed by atoms with Crippen LogP contribution in [0.5, 0.6) is 5.75 Å². The van der Waals surface area contributed by atoms with E-state index >= 15 is 0 Å². The van der Waals surface area contributed by atoms with Crippen LogP contribution >= 0.6 is 0 Å². The average Bonchev–Trinajstić information content (AvgIpc) is 2.30. The summed E-state index contributed by atoms with van der Waals surface area (Å²) in [5, 5.41) is 13.1. The first-order valence-corrected chi connectivity index (χ1v) is 7.38. The van der Waals surface area contributed by atoms with Crippen LogP contribution in [-0.2, 0) is 4.74 Å². The molecule has 1 aliphatic heterocycles. The highest BCUT2D eigenvalue weighted by Gasteiger charge is 2.34. The molecular weight excluding hydrogens is 287 g/mol. The van der Waals surface area contributed by atoms with Crippen molar-refractivity contribution in [3.63, 3.8) is 0 Å². The summed E-state index contributed by atoms with van der Waals surface area (Å²) in [5.41, 5.74) is 0.139. The van der Waals surface area contributed by atoms with Crippen molar-refractivity contribution in [1.29, 1.82) is 0 Å². The summed E-state index contributed by atoms with van der Waals surface area (Å²) in [6, 6.07) is 3.98. The number of hydrogen-bond donors (Lipinski definition) is 2. The van der Waals surface area contributed by atoms with Crippen molar-refractivity contribution in [2.75, 3.05) is 13.1 Å². The van der Waals surface area contributed by atoms with Crippen LogP contribution in [0.4, 0.5) is 9.18 Å². The quantitative estimate of drug-likeness (QED) is 0.901. The van der Waals surface area contributed by atoms with Gasteiger partial charge < -0.3 is 20.1 Å². The Balaban J connectivity index is 1.83. The number of halogens is 1. The molecular formula is C16H23FN2O3. The van der Waals surface area contributed by atoms with Gasteiger partial charge in [0.1, 0.15) is 17.2 Å². The molecule has 2 rings (SSSR count). The molecule has 1 heterocycles. The molecule has 0 aliphatic carbocycles. The Labute approximate surface area is 130 Å². The van der Waals surface area contributed by atoms with Gasteiger partial charge in [0.05, 0.1) is 0 Å². The summed E-state index contributed by atoms with van der Waals surface area (Å²) in [5.74, 6) is -0.531. The molecule has 1 aromatic carbocycles. The molecule has 1 atom stereocenters. The van der Waals surface area contributed by atoms with Crippen LogP contribution in [0.1, 0.15) is 39.3 Å². The highest BCUT2D eigenvalue weighted by Crippen LogP contribution is 2.26. The molecule has 5 nitrogen and oxygen atoms in total. The van der Waals surface area contributed by atoms with Crippen molar-refractivity contribution in [1.82, 2.24) is 10.2 Å². The van der Waals surface area contributed by atoms with Gasteiger partial charge in [-0.1, -0.05) is 6.07 Å². The number of nitrogens with one attached hydrogen (secondary N) is 1. The Morgan fingerprint density at radius 2 is 2.09 bits per heavy atom. The maximum Gasteiger partial charge on any atom is 0.410 e. The largest absolute Gasteiger partial charge is 0.508 e. The number of nitrogens with zero attached hydrogens (tertiary/aromatic N) is 1.